The second-order valence-electron chi connectivity index (χ2n) is 31.2. The number of nitrogen functional groups attached to an aromatic ring is 6. The van der Waals surface area contributed by atoms with E-state index in [9.17, 15) is 71.1 Å². The topological polar surface area (TPSA) is 838 Å². The lowest BCUT2D eigenvalue weighted by Gasteiger charge is -2.32. The maximum atomic E-state index is 15.9. The normalized spacial score (nSPS) is 37.6. The van der Waals surface area contributed by atoms with Crippen LogP contribution in [0.4, 0.5) is 48.1 Å². The molecule has 10 aliphatic rings. The second-order valence-corrected chi connectivity index (χ2v) is 39.6. The summed E-state index contributed by atoms with van der Waals surface area (Å²) in [5, 5.41) is 0. The number of fused-ring (bicyclic) bond motifs is 14. The number of rotatable bonds is 6. The second kappa shape index (κ2) is 34.2. The van der Waals surface area contributed by atoms with Crippen LogP contribution < -0.4 is 51.1 Å². The number of ether oxygens (including phenoxy) is 7. The number of H-pyrrole nitrogens is 3. The largest absolute Gasteiger partial charge is 0.472 e. The Labute approximate surface area is 739 Å². The van der Waals surface area contributed by atoms with Crippen molar-refractivity contribution in [2.45, 2.75) is 148 Å². The number of halogens is 3. The molecule has 0 aliphatic carbocycles. The molecule has 0 amide bonds. The average Bonchev–Trinajstić information content (AvgIpc) is 1.55. The number of alkyl halides is 3. The van der Waals surface area contributed by atoms with Gasteiger partial charge in [-0.3, -0.25) is 111 Å². The molecule has 10 fully saturated rings. The van der Waals surface area contributed by atoms with Gasteiger partial charge in [-0.25, -0.2) is 85.4 Å². The molecule has 134 heavy (non-hydrogen) atoms. The molecule has 12 aromatic rings. The molecule has 10 aliphatic heterocycles. The lowest BCUT2D eigenvalue weighted by atomic mass is 10.0. The minimum absolute atomic E-state index is 0.00642. The smallest absolute Gasteiger partial charge is 0.397 e. The predicted octanol–water partition coefficient (Wildman–Crippen LogP) is 0.189. The fourth-order valence-electron chi connectivity index (χ4n) is 16.7. The minimum atomic E-state index is -5.23. The van der Waals surface area contributed by atoms with Gasteiger partial charge >= 0.3 is 46.9 Å². The molecule has 0 radical (unpaired) electrons. The summed E-state index contributed by atoms with van der Waals surface area (Å²) in [6.45, 7) is -4.85. The Morgan fingerprint density at radius 1 is 0.358 bits per heavy atom. The highest BCUT2D eigenvalue weighted by Crippen LogP contribution is 2.61. The lowest BCUT2D eigenvalue weighted by molar-refractivity contribution is -0.184. The Bertz CT molecular complexity index is 7140. The first-order valence-electron chi connectivity index (χ1n) is 39.4. The summed E-state index contributed by atoms with van der Waals surface area (Å²) in [4.78, 5) is 157. The van der Waals surface area contributed by atoms with Crippen molar-refractivity contribution >= 4 is 149 Å². The van der Waals surface area contributed by atoms with Crippen LogP contribution in [0.2, 0.25) is 0 Å². The number of nitrogens with zero attached hydrogens (tertiary/aromatic N) is 18. The van der Waals surface area contributed by atoms with Crippen LogP contribution in [0.3, 0.4) is 0 Å². The van der Waals surface area contributed by atoms with Crippen molar-refractivity contribution in [1.82, 2.24) is 102 Å². The lowest BCUT2D eigenvalue weighted by Crippen LogP contribution is -2.45. The van der Waals surface area contributed by atoms with Crippen LogP contribution in [-0.4, -0.2) is 275 Å². The van der Waals surface area contributed by atoms with Gasteiger partial charge in [0.25, 0.3) is 16.7 Å². The van der Waals surface area contributed by atoms with E-state index < -0.39 is 238 Å². The van der Waals surface area contributed by atoms with Crippen LogP contribution in [0, 0.1) is 0 Å². The third-order valence-corrected chi connectivity index (χ3v) is 28.6. The average molecular weight is 2010 g/mol. The zero-order valence-electron chi connectivity index (χ0n) is 67.4. The van der Waals surface area contributed by atoms with Gasteiger partial charge in [0.2, 0.25) is 17.8 Å². The van der Waals surface area contributed by atoms with Crippen LogP contribution in [0.5, 0.6) is 0 Å². The molecule has 10 saturated heterocycles. The Kier molecular flexibility index (Phi) is 23.4. The van der Waals surface area contributed by atoms with Gasteiger partial charge in [0, 0.05) is 31.4 Å². The molecule has 0 spiro atoms. The molecule has 8 bridgehead atoms. The number of phosphoric acid groups is 6. The first kappa shape index (κ1) is 91.6. The van der Waals surface area contributed by atoms with Crippen molar-refractivity contribution in [3.63, 3.8) is 0 Å². The number of aromatic nitrogens is 21. The molecule has 11 unspecified atom stereocenters. The SMILES string of the molecule is Nc1nc2c(ncn2[C@@H]2O[C@@H]3COP(=O)(O)O[C@@H]4C(F)[C@H](n5cnc6c(N)ccnc65)O[C@@H]4COP(=O)(O)OC2[C@H]3F)c(=O)[nH]1.Nc1nc2c(ncn2[C@@H]2O[C@@H]3COP(=O)(O)O[C@@H]4C5OC[C@]4(COP(=O)(O)OC2C3)O[C@H]5n2cnc3c(N)ccnc32)c(=O)[nH]1.Nc1nc2c(ncn2[C@@H]2O[C@@H]3COP(=O)(O)O[C@@H]4C[C@H](n5cnc6c(N)ccnc65)O[C@@H]4COP(=O)(O)OC2[C@H]3F)c(=O)[nH]1. The van der Waals surface area contributed by atoms with E-state index in [4.69, 9.17) is 122 Å². The molecule has 0 saturated carbocycles. The van der Waals surface area contributed by atoms with Crippen molar-refractivity contribution in [2.24, 2.45) is 0 Å². The molecular formula is C64H72F3N27O34P6. The third-order valence-electron chi connectivity index (χ3n) is 22.7. The van der Waals surface area contributed by atoms with Gasteiger partial charge in [0.1, 0.15) is 95.5 Å². The van der Waals surface area contributed by atoms with Gasteiger partial charge < -0.3 is 96.9 Å². The molecule has 70 heteroatoms. The maximum absolute atomic E-state index is 15.9. The van der Waals surface area contributed by atoms with Crippen molar-refractivity contribution < 1.29 is 157 Å². The molecule has 12 aromatic heterocycles. The summed E-state index contributed by atoms with van der Waals surface area (Å²) < 4.78 is 238. The number of pyridine rings is 3. The number of aromatic amines is 3. The number of nitrogens with one attached hydrogen (secondary N) is 3. The maximum Gasteiger partial charge on any atom is 0.472 e. The minimum Gasteiger partial charge on any atom is -0.397 e. The summed E-state index contributed by atoms with van der Waals surface area (Å²) >= 11 is 0. The number of imidazole rings is 6. The van der Waals surface area contributed by atoms with Crippen LogP contribution in [0.15, 0.2) is 89.1 Å². The molecule has 28 atom stereocenters. The Morgan fingerprint density at radius 2 is 0.739 bits per heavy atom. The number of nitrogens with two attached hydrogens (primary N) is 6. The quantitative estimate of drug-likeness (QED) is 0.0988. The van der Waals surface area contributed by atoms with E-state index in [-0.39, 0.29) is 87.6 Å². The van der Waals surface area contributed by atoms with Crippen LogP contribution in [-0.2, 0) is 115 Å². The fourth-order valence-corrected chi connectivity index (χ4v) is 22.4. The van der Waals surface area contributed by atoms with Crippen LogP contribution in [0.1, 0.15) is 50.2 Å². The zero-order valence-corrected chi connectivity index (χ0v) is 72.7. The van der Waals surface area contributed by atoms with Gasteiger partial charge in [-0.1, -0.05) is 0 Å². The zero-order chi connectivity index (χ0) is 94.1. The number of hydrogen-bond donors (Lipinski definition) is 15. The molecule has 718 valence electrons. The van der Waals surface area contributed by atoms with E-state index in [0.29, 0.717) is 33.7 Å². The molecule has 21 N–H and O–H groups in total. The molecule has 22 rings (SSSR count). The summed E-state index contributed by atoms with van der Waals surface area (Å²) in [7, 11) is -30.2. The number of phosphoric ester groups is 6. The Balaban J connectivity index is 0.000000125. The summed E-state index contributed by atoms with van der Waals surface area (Å²) in [6, 6.07) is 4.60. The summed E-state index contributed by atoms with van der Waals surface area (Å²) in [5.74, 6) is -0.818. The number of hydrogen-bond acceptors (Lipinski definition) is 46. The number of anilines is 6. The van der Waals surface area contributed by atoms with E-state index in [1.54, 1.807) is 12.1 Å². The third kappa shape index (κ3) is 17.2. The van der Waals surface area contributed by atoms with E-state index in [2.05, 4.69) is 74.8 Å². The van der Waals surface area contributed by atoms with Gasteiger partial charge in [0.05, 0.1) is 107 Å². The van der Waals surface area contributed by atoms with E-state index in [1.165, 1.54) is 63.7 Å². The monoisotopic (exact) mass is 2010 g/mol. The van der Waals surface area contributed by atoms with Crippen LogP contribution >= 0.6 is 46.9 Å². The van der Waals surface area contributed by atoms with Crippen molar-refractivity contribution in [3.8, 4) is 0 Å². The fraction of sp³-hybridized carbons (Fsp3) is 0.484. The van der Waals surface area contributed by atoms with E-state index in [1.807, 2.05) is 0 Å². The van der Waals surface area contributed by atoms with Gasteiger partial charge in [0.15, 0.2) is 100 Å². The van der Waals surface area contributed by atoms with Crippen molar-refractivity contribution in [3.05, 3.63) is 106 Å². The highest BCUT2D eigenvalue weighted by Gasteiger charge is 2.67. The van der Waals surface area contributed by atoms with E-state index >= 15 is 13.2 Å². The highest BCUT2D eigenvalue weighted by molar-refractivity contribution is 7.48. The Morgan fingerprint density at radius 3 is 1.23 bits per heavy atom. The van der Waals surface area contributed by atoms with Gasteiger partial charge in [-0.15, -0.1) is 0 Å². The molecule has 22 heterocycles. The van der Waals surface area contributed by atoms with Crippen LogP contribution in [0.25, 0.3) is 67.0 Å². The van der Waals surface area contributed by atoms with Crippen molar-refractivity contribution in [2.75, 3.05) is 80.7 Å². The standard InChI is InChI=1S/C22H25N9O12P2.C21H23F2N9O11P2.C21H24FN9O11P2/c23-10-1-2-25-16-12(10)26-7-30(16)20-14-15-22(41-20,5-37-14)6-39-45(35,36)42-11-3-9(4-38-44(33,34)43-15)40-19(11)31-8-27-13-17(31)28-21(24)29-18(13)32;22-10-8-3-38-44(34,35)42-14-9(41-19(11(14)23)31-5-27-12-7(24)1-2-26-16(12)31)4-39-45(36,37)43-15(10)20(40-8)32-6-28-13-17(32)29-21(25)30-18(13)33;22-13-11-5-38-43(33,34)41-9-3-12(30-6-26-14-8(23)1-2-25-17(14)30)39-10(9)4-37-44(35,36)42-16(13)20(40-11)31-7-27-15-18(31)28-21(24)29-19(15)32/h1-2,7-9,11,14-15,19-20H,3-6H2,(H2,23,25)(H,33,34)(H,35,36)(H3,24,28,29,32);1-2,5-6,8-11,14-15,19-20H,3-4H2,(H2,24,26)(H,34,35)(H,36,37)(H3,25,29,30,33);1-2,6-7,9-13,16,20H,3-5H2,(H2,23,25)(H,33,34)(H,35,36)(H3,24,28,29,32)/t9-,11?,14?,15+,19+,20+,22+;8-,9-,10+,11?,14+,15?,19-,20-;9-,10-,11-,12-,13+,16?,20-/m011/s1. The summed E-state index contributed by atoms with van der Waals surface area (Å²) in [6.07, 6.45) is -20.8. The predicted molar refractivity (Wildman–Crippen MR) is 433 cm³/mol. The molecular weight excluding hydrogens is 1930 g/mol. The molecule has 61 nitrogen and oxygen atoms in total. The highest BCUT2D eigenvalue weighted by atomic mass is 31.2. The first-order valence-corrected chi connectivity index (χ1v) is 48.4. The van der Waals surface area contributed by atoms with Gasteiger partial charge in [-0.2, -0.15) is 15.0 Å². The Hall–Kier alpha value is -10.1. The van der Waals surface area contributed by atoms with Gasteiger partial charge in [-0.05, 0) is 18.2 Å². The summed E-state index contributed by atoms with van der Waals surface area (Å²) in [5.41, 5.74) is 33.0. The first-order chi connectivity index (χ1) is 63.6. The van der Waals surface area contributed by atoms with E-state index in [0.717, 1.165) is 26.4 Å². The molecule has 0 aromatic carbocycles. The van der Waals surface area contributed by atoms with Crippen molar-refractivity contribution in [1.29, 1.82) is 0 Å².